The summed E-state index contributed by atoms with van der Waals surface area (Å²) in [6.45, 7) is 2.31. The van der Waals surface area contributed by atoms with Crippen molar-refractivity contribution in [2.45, 2.75) is 19.6 Å². The quantitative estimate of drug-likeness (QED) is 0.644. The third-order valence-corrected chi connectivity index (χ3v) is 5.49. The van der Waals surface area contributed by atoms with E-state index in [4.69, 9.17) is 9.47 Å². The normalized spacial score (nSPS) is 12.3. The molecule has 0 heterocycles. The van der Waals surface area contributed by atoms with Crippen molar-refractivity contribution in [3.05, 3.63) is 83.9 Å². The summed E-state index contributed by atoms with van der Waals surface area (Å²) in [6, 6.07) is 24.0. The van der Waals surface area contributed by atoms with Gasteiger partial charge in [0.05, 0.1) is 13.2 Å². The van der Waals surface area contributed by atoms with Crippen molar-refractivity contribution in [3.63, 3.8) is 0 Å². The van der Waals surface area contributed by atoms with Gasteiger partial charge >= 0.3 is 0 Å². The van der Waals surface area contributed by atoms with Crippen molar-refractivity contribution in [3.8, 4) is 11.5 Å². The molecule has 26 heavy (non-hydrogen) atoms. The lowest BCUT2D eigenvalue weighted by Crippen LogP contribution is -2.13. The fourth-order valence-corrected chi connectivity index (χ4v) is 4.11. The second-order valence-electron chi connectivity index (χ2n) is 6.02. The Labute approximate surface area is 156 Å². The zero-order chi connectivity index (χ0) is 18.4. The predicted molar refractivity (Wildman–Crippen MR) is 108 cm³/mol. The molecule has 0 spiro atoms. The second kappa shape index (κ2) is 8.84. The molecule has 0 saturated carbocycles. The molecule has 0 aromatic heterocycles. The summed E-state index contributed by atoms with van der Waals surface area (Å²) in [7, 11) is 2.03. The van der Waals surface area contributed by atoms with Crippen LogP contribution in [0.15, 0.2) is 72.8 Å². The first kappa shape index (κ1) is 18.4. The average Bonchev–Trinajstić information content (AvgIpc) is 2.68. The highest BCUT2D eigenvalue weighted by molar-refractivity contribution is 7.55. The van der Waals surface area contributed by atoms with Gasteiger partial charge in [0.25, 0.3) is 0 Å². The molecule has 3 aromatic carbocycles. The van der Waals surface area contributed by atoms with Crippen LogP contribution in [-0.2, 0) is 6.61 Å². The van der Waals surface area contributed by atoms with Gasteiger partial charge in [0.15, 0.2) is 0 Å². The van der Waals surface area contributed by atoms with E-state index in [0.29, 0.717) is 15.2 Å². The largest absolute Gasteiger partial charge is 0.497 e. The Hall–Kier alpha value is -2.35. The lowest BCUT2D eigenvalue weighted by atomic mass is 10.1. The van der Waals surface area contributed by atoms with Crippen molar-refractivity contribution in [2.24, 2.45) is 0 Å². The lowest BCUT2D eigenvalue weighted by Gasteiger charge is -2.16. The number of aliphatic hydroxyl groups is 1. The predicted octanol–water partition coefficient (Wildman–Crippen LogP) is 3.96. The molecule has 0 radical (unpaired) electrons. The van der Waals surface area contributed by atoms with Crippen LogP contribution in [0, 0.1) is 0 Å². The minimum Gasteiger partial charge on any atom is -0.497 e. The Balaban J connectivity index is 1.87. The molecule has 2 atom stereocenters. The Bertz CT molecular complexity index is 847. The van der Waals surface area contributed by atoms with Crippen LogP contribution in [0.1, 0.15) is 24.2 Å². The van der Waals surface area contributed by atoms with E-state index in [1.165, 1.54) is 0 Å². The first-order valence-corrected chi connectivity index (χ1v) is 9.56. The molecule has 3 nitrogen and oxygen atoms in total. The van der Waals surface area contributed by atoms with Crippen molar-refractivity contribution in [1.29, 1.82) is 0 Å². The van der Waals surface area contributed by atoms with Crippen LogP contribution in [0.4, 0.5) is 0 Å². The molecule has 1 N–H and O–H groups in total. The number of hydrogen-bond acceptors (Lipinski definition) is 3. The molecule has 0 aliphatic heterocycles. The van der Waals surface area contributed by atoms with Crippen LogP contribution in [0.25, 0.3) is 0 Å². The molecule has 0 fully saturated rings. The summed E-state index contributed by atoms with van der Waals surface area (Å²) >= 11 is 0. The lowest BCUT2D eigenvalue weighted by molar-refractivity contribution is 0.200. The summed E-state index contributed by atoms with van der Waals surface area (Å²) in [6.07, 6.45) is -0.502. The highest BCUT2D eigenvalue weighted by Crippen LogP contribution is 2.27. The van der Waals surface area contributed by atoms with Gasteiger partial charge in [-0.25, -0.2) is 0 Å². The molecule has 0 bridgehead atoms. The SMILES string of the molecule is COc1ccc(OCc2ccccc2)c(Pc2ccccc2C(C)O)c1. The number of ether oxygens (including phenoxy) is 2. The van der Waals surface area contributed by atoms with E-state index >= 15 is 0 Å². The van der Waals surface area contributed by atoms with Gasteiger partial charge in [0.1, 0.15) is 18.1 Å². The highest BCUT2D eigenvalue weighted by Gasteiger charge is 2.12. The van der Waals surface area contributed by atoms with Gasteiger partial charge < -0.3 is 14.6 Å². The third-order valence-electron chi connectivity index (χ3n) is 4.10. The van der Waals surface area contributed by atoms with E-state index in [1.807, 2.05) is 66.7 Å². The maximum Gasteiger partial charge on any atom is 0.127 e. The van der Waals surface area contributed by atoms with Crippen LogP contribution in [0.5, 0.6) is 11.5 Å². The number of aliphatic hydroxyl groups excluding tert-OH is 1. The van der Waals surface area contributed by atoms with E-state index in [2.05, 4.69) is 6.07 Å². The molecular formula is C22H23O3P. The van der Waals surface area contributed by atoms with Gasteiger partial charge in [0.2, 0.25) is 0 Å². The second-order valence-corrected chi connectivity index (χ2v) is 7.35. The van der Waals surface area contributed by atoms with Crippen LogP contribution >= 0.6 is 8.58 Å². The minimum atomic E-state index is -0.502. The minimum absolute atomic E-state index is 0.369. The smallest absolute Gasteiger partial charge is 0.127 e. The maximum absolute atomic E-state index is 10.1. The zero-order valence-corrected chi connectivity index (χ0v) is 16.0. The summed E-state index contributed by atoms with van der Waals surface area (Å²) in [5.41, 5.74) is 2.07. The summed E-state index contributed by atoms with van der Waals surface area (Å²) in [5.74, 6) is 1.64. The molecule has 134 valence electrons. The van der Waals surface area contributed by atoms with E-state index in [9.17, 15) is 5.11 Å². The molecular weight excluding hydrogens is 343 g/mol. The monoisotopic (exact) mass is 366 g/mol. The molecule has 0 aliphatic rings. The fourth-order valence-electron chi connectivity index (χ4n) is 2.72. The van der Waals surface area contributed by atoms with Gasteiger partial charge in [0, 0.05) is 5.30 Å². The zero-order valence-electron chi connectivity index (χ0n) is 15.0. The van der Waals surface area contributed by atoms with Gasteiger partial charge in [-0.3, -0.25) is 0 Å². The van der Waals surface area contributed by atoms with Gasteiger partial charge in [-0.1, -0.05) is 63.2 Å². The van der Waals surface area contributed by atoms with E-state index in [1.54, 1.807) is 14.0 Å². The Kier molecular flexibility index (Phi) is 6.27. The standard InChI is InChI=1S/C22H23O3P/c1-16(23)19-10-6-7-11-21(19)26-22-14-18(24-2)12-13-20(22)25-15-17-8-4-3-5-9-17/h3-14,16,23,26H,15H2,1-2H3. The van der Waals surface area contributed by atoms with Crippen molar-refractivity contribution in [1.82, 2.24) is 0 Å². The Morgan fingerprint density at radius 2 is 1.65 bits per heavy atom. The van der Waals surface area contributed by atoms with Gasteiger partial charge in [-0.15, -0.1) is 0 Å². The number of hydrogen-bond donors (Lipinski definition) is 1. The van der Waals surface area contributed by atoms with E-state index < -0.39 is 6.10 Å². The molecule has 0 saturated heterocycles. The van der Waals surface area contributed by atoms with Crippen molar-refractivity contribution in [2.75, 3.05) is 7.11 Å². The van der Waals surface area contributed by atoms with Crippen molar-refractivity contribution < 1.29 is 14.6 Å². The Morgan fingerprint density at radius 3 is 2.38 bits per heavy atom. The number of benzene rings is 3. The van der Waals surface area contributed by atoms with Gasteiger partial charge in [-0.05, 0) is 41.6 Å². The van der Waals surface area contributed by atoms with Crippen LogP contribution in [0.2, 0.25) is 0 Å². The van der Waals surface area contributed by atoms with Crippen LogP contribution in [-0.4, -0.2) is 12.2 Å². The molecule has 0 aliphatic carbocycles. The topological polar surface area (TPSA) is 38.7 Å². The van der Waals surface area contributed by atoms with E-state index in [0.717, 1.165) is 33.2 Å². The van der Waals surface area contributed by atoms with Crippen molar-refractivity contribution >= 4 is 19.2 Å². The Morgan fingerprint density at radius 1 is 0.923 bits per heavy atom. The fraction of sp³-hybridized carbons (Fsp3) is 0.182. The maximum atomic E-state index is 10.1. The summed E-state index contributed by atoms with van der Waals surface area (Å²) < 4.78 is 11.5. The average molecular weight is 366 g/mol. The molecule has 3 rings (SSSR count). The van der Waals surface area contributed by atoms with Gasteiger partial charge in [-0.2, -0.15) is 0 Å². The van der Waals surface area contributed by atoms with E-state index in [-0.39, 0.29) is 0 Å². The molecule has 2 unspecified atom stereocenters. The summed E-state index contributed by atoms with van der Waals surface area (Å²) in [5, 5.41) is 12.2. The molecule has 4 heteroatoms. The first-order valence-electron chi connectivity index (χ1n) is 8.56. The molecule has 3 aromatic rings. The van der Waals surface area contributed by atoms with Crippen LogP contribution in [0.3, 0.4) is 0 Å². The highest BCUT2D eigenvalue weighted by atomic mass is 31.1. The number of rotatable bonds is 7. The molecule has 0 amide bonds. The number of methoxy groups -OCH3 is 1. The first-order chi connectivity index (χ1) is 12.7. The summed E-state index contributed by atoms with van der Waals surface area (Å²) in [4.78, 5) is 0. The third kappa shape index (κ3) is 4.63. The van der Waals surface area contributed by atoms with Crippen LogP contribution < -0.4 is 20.1 Å².